The van der Waals surface area contributed by atoms with Crippen LogP contribution in [0.3, 0.4) is 0 Å². The predicted molar refractivity (Wildman–Crippen MR) is 78.7 cm³/mol. The van der Waals surface area contributed by atoms with E-state index in [0.717, 1.165) is 30.8 Å². The molecule has 18 heavy (non-hydrogen) atoms. The minimum Gasteiger partial charge on any atom is -0.313 e. The van der Waals surface area contributed by atoms with Gasteiger partial charge in [0.2, 0.25) is 0 Å². The van der Waals surface area contributed by atoms with Gasteiger partial charge in [0, 0.05) is 18.3 Å². The number of nitrogens with zero attached hydrogens (tertiary/aromatic N) is 1. The van der Waals surface area contributed by atoms with Crippen molar-refractivity contribution in [3.8, 4) is 0 Å². The molecule has 1 N–H and O–H groups in total. The van der Waals surface area contributed by atoms with Crippen LogP contribution in [0, 0.1) is 5.82 Å². The lowest BCUT2D eigenvalue weighted by atomic mass is 10.0. The summed E-state index contributed by atoms with van der Waals surface area (Å²) < 4.78 is 13.2. The van der Waals surface area contributed by atoms with Gasteiger partial charge in [-0.25, -0.2) is 4.39 Å². The zero-order valence-electron chi connectivity index (χ0n) is 11.4. The van der Waals surface area contributed by atoms with E-state index in [1.165, 1.54) is 6.07 Å². The van der Waals surface area contributed by atoms with Gasteiger partial charge in [-0.15, -0.1) is 0 Å². The Hall–Kier alpha value is -0.580. The summed E-state index contributed by atoms with van der Waals surface area (Å²) >= 11 is 1.86. The van der Waals surface area contributed by atoms with Crippen molar-refractivity contribution in [3.05, 3.63) is 35.6 Å². The van der Waals surface area contributed by atoms with Crippen LogP contribution < -0.4 is 5.32 Å². The number of halogens is 1. The molecule has 0 aliphatic rings. The largest absolute Gasteiger partial charge is 0.313 e. The van der Waals surface area contributed by atoms with Gasteiger partial charge in [-0.3, -0.25) is 0 Å². The average molecular weight is 270 g/mol. The number of nitrogens with one attached hydrogen (secondary N) is 1. The van der Waals surface area contributed by atoms with Gasteiger partial charge in [-0.1, -0.05) is 12.1 Å². The monoisotopic (exact) mass is 270 g/mol. The summed E-state index contributed by atoms with van der Waals surface area (Å²) in [5, 5.41) is 3.26. The van der Waals surface area contributed by atoms with Crippen LogP contribution >= 0.6 is 11.8 Å². The van der Waals surface area contributed by atoms with Crippen molar-refractivity contribution < 1.29 is 4.39 Å². The Morgan fingerprint density at radius 1 is 1.39 bits per heavy atom. The van der Waals surface area contributed by atoms with E-state index >= 15 is 0 Å². The molecule has 1 aromatic rings. The maximum atomic E-state index is 13.2. The first-order valence-corrected chi connectivity index (χ1v) is 7.67. The number of benzene rings is 1. The summed E-state index contributed by atoms with van der Waals surface area (Å²) in [5.74, 6) is 0.990. The van der Waals surface area contributed by atoms with Crippen LogP contribution in [0.4, 0.5) is 4.39 Å². The van der Waals surface area contributed by atoms with E-state index in [-0.39, 0.29) is 11.9 Å². The Kier molecular flexibility index (Phi) is 7.32. The minimum atomic E-state index is -0.163. The Labute approximate surface area is 114 Å². The molecule has 1 rings (SSSR count). The summed E-state index contributed by atoms with van der Waals surface area (Å²) in [4.78, 5) is 2.32. The molecule has 0 aliphatic carbocycles. The van der Waals surface area contributed by atoms with E-state index in [1.54, 1.807) is 12.1 Å². The smallest absolute Gasteiger partial charge is 0.123 e. The Morgan fingerprint density at radius 2 is 2.17 bits per heavy atom. The molecular weight excluding hydrogens is 247 g/mol. The lowest BCUT2D eigenvalue weighted by Crippen LogP contribution is -2.27. The van der Waals surface area contributed by atoms with Crippen LogP contribution in [-0.2, 0) is 0 Å². The number of hydrogen-bond acceptors (Lipinski definition) is 3. The van der Waals surface area contributed by atoms with Crippen LogP contribution in [-0.4, -0.2) is 44.1 Å². The van der Waals surface area contributed by atoms with E-state index in [0.29, 0.717) is 0 Å². The highest BCUT2D eigenvalue weighted by molar-refractivity contribution is 7.98. The lowest BCUT2D eigenvalue weighted by molar-refractivity contribution is 0.328. The molecule has 1 atom stereocenters. The maximum absolute atomic E-state index is 13.2. The Bertz CT molecular complexity index is 346. The second kappa shape index (κ2) is 8.51. The van der Waals surface area contributed by atoms with Crippen LogP contribution in [0.1, 0.15) is 18.0 Å². The molecule has 0 aromatic heterocycles. The third-order valence-corrected chi connectivity index (χ3v) is 3.67. The summed E-state index contributed by atoms with van der Waals surface area (Å²) in [7, 11) is 4.06. The summed E-state index contributed by atoms with van der Waals surface area (Å²) in [6.45, 7) is 2.11. The van der Waals surface area contributed by atoms with Gasteiger partial charge in [-0.2, -0.15) is 11.8 Å². The van der Waals surface area contributed by atoms with E-state index in [4.69, 9.17) is 0 Å². The number of rotatable bonds is 8. The molecule has 0 radical (unpaired) electrons. The molecule has 1 aromatic carbocycles. The molecule has 0 spiro atoms. The second-order valence-corrected chi connectivity index (χ2v) is 5.47. The summed E-state index contributed by atoms with van der Waals surface area (Å²) in [6.07, 6.45) is 3.11. The minimum absolute atomic E-state index is 0.163. The van der Waals surface area contributed by atoms with Gasteiger partial charge in [0.25, 0.3) is 0 Å². The molecule has 0 aliphatic heterocycles. The van der Waals surface area contributed by atoms with Crippen molar-refractivity contribution >= 4 is 11.8 Å². The van der Waals surface area contributed by atoms with Crippen molar-refractivity contribution in [1.29, 1.82) is 0 Å². The van der Waals surface area contributed by atoms with E-state index in [2.05, 4.69) is 23.5 Å². The fourth-order valence-electron chi connectivity index (χ4n) is 1.91. The molecule has 2 nitrogen and oxygen atoms in total. The quantitative estimate of drug-likeness (QED) is 0.782. The molecule has 1 unspecified atom stereocenters. The Morgan fingerprint density at radius 3 is 2.78 bits per heavy atom. The zero-order valence-corrected chi connectivity index (χ0v) is 12.3. The number of hydrogen-bond donors (Lipinski definition) is 1. The number of thioether (sulfide) groups is 1. The fraction of sp³-hybridized carbons (Fsp3) is 0.571. The van der Waals surface area contributed by atoms with Gasteiger partial charge in [0.15, 0.2) is 0 Å². The highest BCUT2D eigenvalue weighted by atomic mass is 32.2. The first-order chi connectivity index (χ1) is 8.67. The van der Waals surface area contributed by atoms with Crippen molar-refractivity contribution in [1.82, 2.24) is 10.2 Å². The molecule has 4 heteroatoms. The van der Waals surface area contributed by atoms with Crippen molar-refractivity contribution in [2.75, 3.05) is 39.2 Å². The standard InChI is InChI=1S/C14H23FN2S/c1-16-14(7-8-17(2)9-10-18-3)12-5-4-6-13(15)11-12/h4-6,11,14,16H,7-10H2,1-3H3. The van der Waals surface area contributed by atoms with Crippen molar-refractivity contribution in [2.24, 2.45) is 0 Å². The van der Waals surface area contributed by atoms with Gasteiger partial charge >= 0.3 is 0 Å². The van der Waals surface area contributed by atoms with Crippen LogP contribution in [0.25, 0.3) is 0 Å². The fourth-order valence-corrected chi connectivity index (χ4v) is 2.40. The molecule has 0 fully saturated rings. The molecule has 0 saturated carbocycles. The van der Waals surface area contributed by atoms with Crippen molar-refractivity contribution in [3.63, 3.8) is 0 Å². The van der Waals surface area contributed by atoms with Gasteiger partial charge in [0.05, 0.1) is 0 Å². The van der Waals surface area contributed by atoms with Crippen molar-refractivity contribution in [2.45, 2.75) is 12.5 Å². The van der Waals surface area contributed by atoms with E-state index < -0.39 is 0 Å². The van der Waals surface area contributed by atoms with E-state index in [1.807, 2.05) is 24.9 Å². The molecular formula is C14H23FN2S. The first kappa shape index (κ1) is 15.5. The van der Waals surface area contributed by atoms with Crippen LogP contribution in [0.5, 0.6) is 0 Å². The molecule has 0 saturated heterocycles. The first-order valence-electron chi connectivity index (χ1n) is 6.27. The molecule has 0 amide bonds. The van der Waals surface area contributed by atoms with Gasteiger partial charge in [-0.05, 0) is 51.0 Å². The lowest BCUT2D eigenvalue weighted by Gasteiger charge is -2.21. The molecule has 0 bridgehead atoms. The maximum Gasteiger partial charge on any atom is 0.123 e. The summed E-state index contributed by atoms with van der Waals surface area (Å²) in [5.41, 5.74) is 1.02. The van der Waals surface area contributed by atoms with Crippen LogP contribution in [0.15, 0.2) is 24.3 Å². The zero-order chi connectivity index (χ0) is 13.4. The second-order valence-electron chi connectivity index (χ2n) is 4.48. The van der Waals surface area contributed by atoms with E-state index in [9.17, 15) is 4.39 Å². The average Bonchev–Trinajstić information content (AvgIpc) is 2.37. The molecule has 102 valence electrons. The Balaban J connectivity index is 2.47. The van der Waals surface area contributed by atoms with Gasteiger partial charge < -0.3 is 10.2 Å². The highest BCUT2D eigenvalue weighted by Crippen LogP contribution is 2.17. The third kappa shape index (κ3) is 5.38. The van der Waals surface area contributed by atoms with Gasteiger partial charge in [0.1, 0.15) is 5.82 Å². The third-order valence-electron chi connectivity index (χ3n) is 3.08. The molecule has 0 heterocycles. The normalized spacial score (nSPS) is 12.9. The topological polar surface area (TPSA) is 15.3 Å². The SMILES string of the molecule is CNC(CCN(C)CCSC)c1cccc(F)c1. The highest BCUT2D eigenvalue weighted by Gasteiger charge is 2.10. The predicted octanol–water partition coefficient (Wildman–Crippen LogP) is 2.77. The van der Waals surface area contributed by atoms with Crippen LogP contribution in [0.2, 0.25) is 0 Å². The summed E-state index contributed by atoms with van der Waals surface area (Å²) in [6, 6.07) is 7.07.